The molecule has 0 spiro atoms. The third kappa shape index (κ3) is 2.36. The summed E-state index contributed by atoms with van der Waals surface area (Å²) in [5, 5.41) is 9.55. The highest BCUT2D eigenvalue weighted by Gasteiger charge is 2.27. The van der Waals surface area contributed by atoms with Gasteiger partial charge in [-0.1, -0.05) is 31.5 Å². The average Bonchev–Trinajstić information content (AvgIpc) is 2.53. The zero-order valence-electron chi connectivity index (χ0n) is 12.0. The minimum absolute atomic E-state index is 0.418. The smallest absolute Gasteiger partial charge is 0.0950 e. The lowest BCUT2D eigenvalue weighted by atomic mass is 9.88. The van der Waals surface area contributed by atoms with Gasteiger partial charge in [0.05, 0.1) is 17.4 Å². The molecule has 2 atom stereocenters. The van der Waals surface area contributed by atoms with Gasteiger partial charge in [-0.3, -0.25) is 0 Å². The van der Waals surface area contributed by atoms with Crippen LogP contribution in [0.4, 0.5) is 5.69 Å². The van der Waals surface area contributed by atoms with E-state index in [1.165, 1.54) is 30.3 Å². The molecule has 0 saturated carbocycles. The summed E-state index contributed by atoms with van der Waals surface area (Å²) < 4.78 is 0. The lowest BCUT2D eigenvalue weighted by molar-refractivity contribution is 0.336. The Balaban J connectivity index is 1.97. The maximum atomic E-state index is 6.01. The quantitative estimate of drug-likeness (QED) is 0.931. The summed E-state index contributed by atoms with van der Waals surface area (Å²) in [6.07, 6.45) is 5.56. The molecule has 2 N–H and O–H groups in total. The Bertz CT molecular complexity index is 578. The third-order valence-corrected chi connectivity index (χ3v) is 4.51. The van der Waals surface area contributed by atoms with Crippen LogP contribution in [0.3, 0.4) is 0 Å². The second-order valence-electron chi connectivity index (χ2n) is 5.63. The summed E-state index contributed by atoms with van der Waals surface area (Å²) >= 11 is 0. The predicted molar refractivity (Wildman–Crippen MR) is 82.7 cm³/mol. The minimum Gasteiger partial charge on any atom is -0.365 e. The highest BCUT2D eigenvalue weighted by molar-refractivity contribution is 5.90. The summed E-state index contributed by atoms with van der Waals surface area (Å²) in [6, 6.07) is 8.62. The fourth-order valence-electron chi connectivity index (χ4n) is 3.27. The number of rotatable bonds is 3. The van der Waals surface area contributed by atoms with E-state index in [0.717, 1.165) is 18.0 Å². The molecular formula is C16H22N4. The van der Waals surface area contributed by atoms with Gasteiger partial charge in [-0.2, -0.15) is 10.2 Å². The van der Waals surface area contributed by atoms with Crippen LogP contribution in [0.2, 0.25) is 0 Å². The average molecular weight is 270 g/mol. The molecule has 1 saturated heterocycles. The van der Waals surface area contributed by atoms with Crippen molar-refractivity contribution in [3.63, 3.8) is 0 Å². The summed E-state index contributed by atoms with van der Waals surface area (Å²) in [5.41, 5.74) is 8.15. The van der Waals surface area contributed by atoms with Gasteiger partial charge >= 0.3 is 0 Å². The number of fused-ring (bicyclic) bond motifs is 1. The van der Waals surface area contributed by atoms with Crippen LogP contribution in [0, 0.1) is 5.92 Å². The first-order chi connectivity index (χ1) is 9.83. The maximum absolute atomic E-state index is 6.01. The van der Waals surface area contributed by atoms with E-state index >= 15 is 0 Å². The van der Waals surface area contributed by atoms with Crippen molar-refractivity contribution in [2.24, 2.45) is 11.7 Å². The fraction of sp³-hybridized carbons (Fsp3) is 0.500. The molecule has 1 aromatic heterocycles. The minimum atomic E-state index is 0.418. The van der Waals surface area contributed by atoms with Gasteiger partial charge in [0.25, 0.3) is 0 Å². The number of hydrogen-bond donors (Lipinski definition) is 1. The van der Waals surface area contributed by atoms with E-state index in [1.807, 2.05) is 18.3 Å². The molecule has 4 heteroatoms. The van der Waals surface area contributed by atoms with Crippen molar-refractivity contribution in [1.82, 2.24) is 10.2 Å². The summed E-state index contributed by atoms with van der Waals surface area (Å²) in [4.78, 5) is 2.43. The predicted octanol–water partition coefficient (Wildman–Crippen LogP) is 2.58. The Morgan fingerprint density at radius 3 is 3.00 bits per heavy atom. The van der Waals surface area contributed by atoms with Crippen molar-refractivity contribution in [2.75, 3.05) is 18.0 Å². The van der Waals surface area contributed by atoms with Gasteiger partial charge < -0.3 is 10.6 Å². The summed E-state index contributed by atoms with van der Waals surface area (Å²) in [7, 11) is 0. The van der Waals surface area contributed by atoms with Crippen molar-refractivity contribution < 1.29 is 0 Å². The molecule has 3 rings (SSSR count). The first-order valence-electron chi connectivity index (χ1n) is 7.50. The second-order valence-corrected chi connectivity index (χ2v) is 5.63. The monoisotopic (exact) mass is 270 g/mol. The van der Waals surface area contributed by atoms with E-state index < -0.39 is 0 Å². The van der Waals surface area contributed by atoms with Crippen molar-refractivity contribution in [3.05, 3.63) is 30.5 Å². The van der Waals surface area contributed by atoms with Crippen LogP contribution in [0.25, 0.3) is 10.9 Å². The Hall–Kier alpha value is -1.68. The molecule has 0 amide bonds. The van der Waals surface area contributed by atoms with E-state index in [4.69, 9.17) is 5.73 Å². The number of piperidine rings is 1. The molecule has 1 aliphatic heterocycles. The molecule has 0 radical (unpaired) electrons. The zero-order valence-corrected chi connectivity index (χ0v) is 12.0. The van der Waals surface area contributed by atoms with E-state index in [0.29, 0.717) is 12.6 Å². The highest BCUT2D eigenvalue weighted by atomic mass is 15.2. The highest BCUT2D eigenvalue weighted by Crippen LogP contribution is 2.32. The Kier molecular flexibility index (Phi) is 3.83. The van der Waals surface area contributed by atoms with Crippen LogP contribution in [0.1, 0.15) is 26.2 Å². The Labute approximate surface area is 120 Å². The Morgan fingerprint density at radius 2 is 2.20 bits per heavy atom. The van der Waals surface area contributed by atoms with Gasteiger partial charge in [0.1, 0.15) is 0 Å². The second kappa shape index (κ2) is 5.75. The third-order valence-electron chi connectivity index (χ3n) is 4.51. The van der Waals surface area contributed by atoms with Crippen molar-refractivity contribution in [1.29, 1.82) is 0 Å². The number of benzene rings is 1. The Morgan fingerprint density at radius 1 is 1.35 bits per heavy atom. The van der Waals surface area contributed by atoms with E-state index in [-0.39, 0.29) is 0 Å². The van der Waals surface area contributed by atoms with Crippen LogP contribution in [0.5, 0.6) is 0 Å². The van der Waals surface area contributed by atoms with Gasteiger partial charge in [0.15, 0.2) is 0 Å². The maximum Gasteiger partial charge on any atom is 0.0950 e. The molecular weight excluding hydrogens is 248 g/mol. The first kappa shape index (κ1) is 13.3. The van der Waals surface area contributed by atoms with Crippen LogP contribution in [-0.4, -0.2) is 29.3 Å². The van der Waals surface area contributed by atoms with Crippen LogP contribution >= 0.6 is 0 Å². The van der Waals surface area contributed by atoms with Crippen molar-refractivity contribution >= 4 is 16.6 Å². The largest absolute Gasteiger partial charge is 0.365 e. The number of nitrogens with two attached hydrogens (primary N) is 1. The molecule has 1 aromatic carbocycles. The molecule has 2 unspecified atom stereocenters. The summed E-state index contributed by atoms with van der Waals surface area (Å²) in [6.45, 7) is 4.04. The van der Waals surface area contributed by atoms with Crippen molar-refractivity contribution in [3.8, 4) is 0 Å². The standard InChI is InChI=1S/C16H22N4/c1-2-12-7-8-20(13(9-12)10-17)16-11-18-19-15-6-4-3-5-14(15)16/h3-6,11-13H,2,7-10,17H2,1H3. The molecule has 20 heavy (non-hydrogen) atoms. The molecule has 2 heterocycles. The van der Waals surface area contributed by atoms with Gasteiger partial charge in [0.2, 0.25) is 0 Å². The lowest BCUT2D eigenvalue weighted by Crippen LogP contribution is -2.46. The van der Waals surface area contributed by atoms with E-state index in [2.05, 4.69) is 34.2 Å². The van der Waals surface area contributed by atoms with Gasteiger partial charge in [-0.05, 0) is 24.8 Å². The van der Waals surface area contributed by atoms with Gasteiger partial charge in [0, 0.05) is 24.5 Å². The van der Waals surface area contributed by atoms with Gasteiger partial charge in [-0.25, -0.2) is 0 Å². The van der Waals surface area contributed by atoms with E-state index in [1.54, 1.807) is 0 Å². The topological polar surface area (TPSA) is 55.0 Å². The van der Waals surface area contributed by atoms with Gasteiger partial charge in [-0.15, -0.1) is 0 Å². The van der Waals surface area contributed by atoms with Crippen molar-refractivity contribution in [2.45, 2.75) is 32.2 Å². The number of hydrogen-bond acceptors (Lipinski definition) is 4. The summed E-state index contributed by atoms with van der Waals surface area (Å²) in [5.74, 6) is 0.806. The molecule has 0 bridgehead atoms. The lowest BCUT2D eigenvalue weighted by Gasteiger charge is -2.40. The van der Waals surface area contributed by atoms with Crippen LogP contribution < -0.4 is 10.6 Å². The fourth-order valence-corrected chi connectivity index (χ4v) is 3.27. The number of aromatic nitrogens is 2. The van der Waals surface area contributed by atoms with E-state index in [9.17, 15) is 0 Å². The molecule has 106 valence electrons. The molecule has 1 fully saturated rings. The van der Waals surface area contributed by atoms with Crippen LogP contribution in [0.15, 0.2) is 30.5 Å². The first-order valence-corrected chi connectivity index (χ1v) is 7.50. The molecule has 4 nitrogen and oxygen atoms in total. The van der Waals surface area contributed by atoms with Crippen LogP contribution in [-0.2, 0) is 0 Å². The molecule has 2 aromatic rings. The molecule has 0 aliphatic carbocycles. The SMILES string of the molecule is CCC1CCN(c2cnnc3ccccc23)C(CN)C1. The molecule has 1 aliphatic rings. The zero-order chi connectivity index (χ0) is 13.9. The normalized spacial score (nSPS) is 23.2. The number of nitrogens with zero attached hydrogens (tertiary/aromatic N) is 3. The number of anilines is 1.